The maximum atomic E-state index is 10.2. The Kier molecular flexibility index (Phi) is 9.02. The van der Waals surface area contributed by atoms with E-state index >= 15 is 0 Å². The zero-order valence-electron chi connectivity index (χ0n) is 13.6. The zero-order valence-corrected chi connectivity index (χ0v) is 13.6. The summed E-state index contributed by atoms with van der Waals surface area (Å²) in [4.78, 5) is 0. The van der Waals surface area contributed by atoms with E-state index < -0.39 is 0 Å². The Labute approximate surface area is 131 Å². The highest BCUT2D eigenvalue weighted by molar-refractivity contribution is 6.12. The molecule has 21 heavy (non-hydrogen) atoms. The van der Waals surface area contributed by atoms with Crippen LogP contribution in [0, 0.1) is 11.8 Å². The Bertz CT molecular complexity index is 327. The number of aliphatic hydroxyl groups excluding tert-OH is 2. The third kappa shape index (κ3) is 6.40. The topological polar surface area (TPSA) is 40.5 Å². The van der Waals surface area contributed by atoms with Gasteiger partial charge in [-0.15, -0.1) is 0 Å². The number of allylic oxidation sites excluding steroid dienone is 3. The van der Waals surface area contributed by atoms with Crippen LogP contribution in [0.5, 0.6) is 0 Å². The number of unbranched alkanes of at least 4 members (excludes halogenated alkanes) is 2. The second-order valence-corrected chi connectivity index (χ2v) is 6.30. The highest BCUT2D eigenvalue weighted by atomic mass is 16.3. The molecule has 0 amide bonds. The molecule has 1 aliphatic carbocycles. The zero-order chi connectivity index (χ0) is 15.7. The molecule has 2 radical (unpaired) electrons. The van der Waals surface area contributed by atoms with Crippen LogP contribution in [0.3, 0.4) is 0 Å². The van der Waals surface area contributed by atoms with Gasteiger partial charge in [-0.1, -0.05) is 63.2 Å². The van der Waals surface area contributed by atoms with E-state index in [4.69, 9.17) is 7.85 Å². The average molecular weight is 290 g/mol. The van der Waals surface area contributed by atoms with E-state index in [0.717, 1.165) is 25.7 Å². The molecule has 2 N–H and O–H groups in total. The maximum absolute atomic E-state index is 10.2. The van der Waals surface area contributed by atoms with Gasteiger partial charge in [0.05, 0.1) is 20.1 Å². The van der Waals surface area contributed by atoms with Crippen LogP contribution in [0.15, 0.2) is 24.3 Å². The van der Waals surface area contributed by atoms with Gasteiger partial charge in [-0.2, -0.15) is 0 Å². The Morgan fingerprint density at radius 1 is 1.24 bits per heavy atom. The molecule has 1 rings (SSSR count). The normalized spacial score (nSPS) is 31.4. The summed E-state index contributed by atoms with van der Waals surface area (Å²) >= 11 is 0. The third-order valence-corrected chi connectivity index (χ3v) is 4.44. The lowest BCUT2D eigenvalue weighted by atomic mass is 9.75. The molecule has 5 atom stereocenters. The molecule has 1 aliphatic rings. The first-order valence-electron chi connectivity index (χ1n) is 8.55. The number of hydrogen-bond acceptors (Lipinski definition) is 2. The van der Waals surface area contributed by atoms with Crippen molar-refractivity contribution in [1.82, 2.24) is 0 Å². The molecule has 0 aliphatic heterocycles. The van der Waals surface area contributed by atoms with Gasteiger partial charge in [0, 0.05) is 0 Å². The molecule has 0 heterocycles. The minimum absolute atomic E-state index is 0.000816. The Morgan fingerprint density at radius 3 is 2.67 bits per heavy atom. The van der Waals surface area contributed by atoms with Crippen LogP contribution in [0.1, 0.15) is 58.8 Å². The summed E-state index contributed by atoms with van der Waals surface area (Å²) in [5.41, 5.74) is 0. The van der Waals surface area contributed by atoms with E-state index in [9.17, 15) is 10.2 Å². The van der Waals surface area contributed by atoms with Gasteiger partial charge < -0.3 is 10.2 Å². The summed E-state index contributed by atoms with van der Waals surface area (Å²) in [6.07, 6.45) is 14.4. The predicted octanol–water partition coefficient (Wildman–Crippen LogP) is 3.79. The van der Waals surface area contributed by atoms with Crippen molar-refractivity contribution in [1.29, 1.82) is 0 Å². The quantitative estimate of drug-likeness (QED) is 0.385. The molecule has 0 saturated heterocycles. The van der Waals surface area contributed by atoms with Gasteiger partial charge in [-0.3, -0.25) is 0 Å². The predicted molar refractivity (Wildman–Crippen MR) is 90.4 cm³/mol. The molecule has 0 spiro atoms. The first-order chi connectivity index (χ1) is 10.1. The fourth-order valence-electron chi connectivity index (χ4n) is 3.13. The van der Waals surface area contributed by atoms with Crippen molar-refractivity contribution >= 4 is 7.85 Å². The van der Waals surface area contributed by atoms with Crippen LogP contribution < -0.4 is 0 Å². The van der Waals surface area contributed by atoms with Crippen molar-refractivity contribution in [3.63, 3.8) is 0 Å². The summed E-state index contributed by atoms with van der Waals surface area (Å²) in [5.74, 6) is 0.351. The second kappa shape index (κ2) is 10.2. The van der Waals surface area contributed by atoms with Crippen LogP contribution in [0.25, 0.3) is 0 Å². The standard InChI is InChI=1S/C18H31BO2/c1-3-5-6-7-8-10-16-15(17(19)13-18(16)21)12-11-14(20)9-4-2/h7-8,11-12,14-18,20-21H,3-6,9-10,13H2,1-2H3/b8-7+,12-11+. The van der Waals surface area contributed by atoms with E-state index in [-0.39, 0.29) is 29.9 Å². The SMILES string of the molecule is [B]C1CC(O)C(C/C=C/CCCC)C1/C=C/C(O)CCC. The lowest BCUT2D eigenvalue weighted by molar-refractivity contribution is 0.125. The molecule has 1 fully saturated rings. The molecule has 118 valence electrons. The average Bonchev–Trinajstić information content (AvgIpc) is 2.71. The molecule has 3 heteroatoms. The van der Waals surface area contributed by atoms with Gasteiger partial charge in [0.25, 0.3) is 0 Å². The van der Waals surface area contributed by atoms with Gasteiger partial charge in [0.1, 0.15) is 0 Å². The Balaban J connectivity index is 2.55. The van der Waals surface area contributed by atoms with Crippen LogP contribution >= 0.6 is 0 Å². The monoisotopic (exact) mass is 290 g/mol. The van der Waals surface area contributed by atoms with E-state index in [0.29, 0.717) is 6.42 Å². The minimum Gasteiger partial charge on any atom is -0.393 e. The van der Waals surface area contributed by atoms with Crippen molar-refractivity contribution in [2.45, 2.75) is 76.8 Å². The fraction of sp³-hybridized carbons (Fsp3) is 0.778. The molecular weight excluding hydrogens is 259 g/mol. The van der Waals surface area contributed by atoms with E-state index in [1.807, 2.05) is 12.2 Å². The van der Waals surface area contributed by atoms with E-state index in [1.165, 1.54) is 12.8 Å². The summed E-state index contributed by atoms with van der Waals surface area (Å²) in [6, 6.07) is 0. The largest absolute Gasteiger partial charge is 0.393 e. The molecular formula is C18H31BO2. The van der Waals surface area contributed by atoms with Gasteiger partial charge in [-0.05, 0) is 37.5 Å². The van der Waals surface area contributed by atoms with Gasteiger partial charge in [0.2, 0.25) is 0 Å². The van der Waals surface area contributed by atoms with Gasteiger partial charge in [-0.25, -0.2) is 0 Å². The number of hydrogen-bond donors (Lipinski definition) is 2. The molecule has 2 nitrogen and oxygen atoms in total. The Hall–Kier alpha value is -0.535. The third-order valence-electron chi connectivity index (χ3n) is 4.44. The van der Waals surface area contributed by atoms with Crippen molar-refractivity contribution in [2.75, 3.05) is 0 Å². The number of rotatable bonds is 9. The molecule has 0 aromatic carbocycles. The van der Waals surface area contributed by atoms with Crippen LogP contribution in [0.2, 0.25) is 5.82 Å². The fourth-order valence-corrected chi connectivity index (χ4v) is 3.13. The summed E-state index contributed by atoms with van der Waals surface area (Å²) in [5, 5.41) is 20.0. The minimum atomic E-state index is -0.388. The first kappa shape index (κ1) is 18.5. The summed E-state index contributed by atoms with van der Waals surface area (Å²) in [6.45, 7) is 4.25. The molecule has 0 aromatic rings. The first-order valence-corrected chi connectivity index (χ1v) is 8.55. The Morgan fingerprint density at radius 2 is 2.00 bits per heavy atom. The van der Waals surface area contributed by atoms with Crippen molar-refractivity contribution in [3.8, 4) is 0 Å². The lowest BCUT2D eigenvalue weighted by Gasteiger charge is -2.20. The highest BCUT2D eigenvalue weighted by Gasteiger charge is 2.37. The van der Waals surface area contributed by atoms with E-state index in [2.05, 4.69) is 26.0 Å². The van der Waals surface area contributed by atoms with Crippen molar-refractivity contribution < 1.29 is 10.2 Å². The highest BCUT2D eigenvalue weighted by Crippen LogP contribution is 2.42. The lowest BCUT2D eigenvalue weighted by Crippen LogP contribution is -2.18. The van der Waals surface area contributed by atoms with Crippen molar-refractivity contribution in [3.05, 3.63) is 24.3 Å². The van der Waals surface area contributed by atoms with E-state index in [1.54, 1.807) is 0 Å². The molecule has 0 aromatic heterocycles. The van der Waals surface area contributed by atoms with Crippen LogP contribution in [-0.4, -0.2) is 30.3 Å². The van der Waals surface area contributed by atoms with Crippen molar-refractivity contribution in [2.24, 2.45) is 11.8 Å². The number of aliphatic hydroxyl groups is 2. The maximum Gasteiger partial charge on any atom is 0.0720 e. The smallest absolute Gasteiger partial charge is 0.0720 e. The molecule has 5 unspecified atom stereocenters. The van der Waals surface area contributed by atoms with Crippen LogP contribution in [0.4, 0.5) is 0 Å². The van der Waals surface area contributed by atoms with Gasteiger partial charge >= 0.3 is 0 Å². The van der Waals surface area contributed by atoms with Crippen LogP contribution in [-0.2, 0) is 0 Å². The summed E-state index contributed by atoms with van der Waals surface area (Å²) < 4.78 is 0. The van der Waals surface area contributed by atoms with Gasteiger partial charge in [0.15, 0.2) is 0 Å². The second-order valence-electron chi connectivity index (χ2n) is 6.30. The molecule has 0 bridgehead atoms. The summed E-state index contributed by atoms with van der Waals surface area (Å²) in [7, 11) is 6.15. The molecule has 1 saturated carbocycles.